The maximum absolute atomic E-state index is 12.7. The molecular weight excluding hydrogens is 382 g/mol. The van der Waals surface area contributed by atoms with Gasteiger partial charge in [0.05, 0.1) is 0 Å². The maximum atomic E-state index is 12.7. The molecule has 4 nitrogen and oxygen atoms in total. The third-order valence-electron chi connectivity index (χ3n) is 6.61. The van der Waals surface area contributed by atoms with E-state index in [9.17, 15) is 4.79 Å². The number of piperazine rings is 1. The van der Waals surface area contributed by atoms with Crippen LogP contribution in [0.15, 0.2) is 78.9 Å². The number of nitrogens with zero attached hydrogens (tertiary/aromatic N) is 2. The normalized spacial score (nSPS) is 21.0. The Morgan fingerprint density at radius 3 is 2.03 bits per heavy atom. The van der Waals surface area contributed by atoms with Crippen LogP contribution in [0.4, 0.5) is 11.4 Å². The summed E-state index contributed by atoms with van der Waals surface area (Å²) in [6.45, 7) is 4.21. The fourth-order valence-electron chi connectivity index (χ4n) is 4.54. The molecule has 1 saturated heterocycles. The molecule has 158 valence electrons. The number of rotatable bonds is 5. The third-order valence-corrected chi connectivity index (χ3v) is 6.61. The molecule has 1 heterocycles. The minimum Gasteiger partial charge on any atom is -0.369 e. The smallest absolute Gasteiger partial charge is 0.255 e. The number of benzene rings is 3. The summed E-state index contributed by atoms with van der Waals surface area (Å²) in [5, 5.41) is 3.03. The summed E-state index contributed by atoms with van der Waals surface area (Å²) < 4.78 is 0. The van der Waals surface area contributed by atoms with Gasteiger partial charge in [0, 0.05) is 43.1 Å². The molecule has 4 heteroatoms. The standard InChI is InChI=1S/C27H29N3O/c1-29-15-17-30(18-16-29)24-13-9-22(10-14-24)27(31)28-23-11-7-21(8-12-23)26-19-25(26)20-5-3-2-4-6-20/h2-14,25-26H,15-19H2,1H3,(H,28,31). The van der Waals surface area contributed by atoms with E-state index in [1.807, 2.05) is 24.3 Å². The first-order chi connectivity index (χ1) is 15.2. The molecular formula is C27H29N3O. The zero-order chi connectivity index (χ0) is 21.2. The van der Waals surface area contributed by atoms with Crippen molar-refractivity contribution in [3.05, 3.63) is 95.6 Å². The second-order valence-electron chi connectivity index (χ2n) is 8.77. The fourth-order valence-corrected chi connectivity index (χ4v) is 4.54. The molecule has 2 aliphatic rings. The maximum Gasteiger partial charge on any atom is 0.255 e. The van der Waals surface area contributed by atoms with Crippen molar-refractivity contribution in [2.45, 2.75) is 18.3 Å². The Morgan fingerprint density at radius 2 is 1.39 bits per heavy atom. The molecule has 1 N–H and O–H groups in total. The molecule has 5 rings (SSSR count). The summed E-state index contributed by atoms with van der Waals surface area (Å²) in [5.41, 5.74) is 5.49. The van der Waals surface area contributed by atoms with Crippen LogP contribution in [0, 0.1) is 0 Å². The van der Waals surface area contributed by atoms with Crippen molar-refractivity contribution in [1.82, 2.24) is 4.90 Å². The summed E-state index contributed by atoms with van der Waals surface area (Å²) in [7, 11) is 2.16. The molecule has 0 bridgehead atoms. The Labute approximate surface area is 184 Å². The van der Waals surface area contributed by atoms with Crippen molar-refractivity contribution in [3.8, 4) is 0 Å². The van der Waals surface area contributed by atoms with Crippen LogP contribution < -0.4 is 10.2 Å². The number of hydrogen-bond donors (Lipinski definition) is 1. The van der Waals surface area contributed by atoms with Gasteiger partial charge in [-0.15, -0.1) is 0 Å². The Kier molecular flexibility index (Phi) is 5.47. The lowest BCUT2D eigenvalue weighted by Gasteiger charge is -2.34. The predicted octanol–water partition coefficient (Wildman–Crippen LogP) is 4.96. The minimum atomic E-state index is -0.0636. The van der Waals surface area contributed by atoms with Crippen molar-refractivity contribution in [3.63, 3.8) is 0 Å². The molecule has 3 aromatic carbocycles. The van der Waals surface area contributed by atoms with Gasteiger partial charge >= 0.3 is 0 Å². The molecule has 1 saturated carbocycles. The molecule has 0 spiro atoms. The number of nitrogens with one attached hydrogen (secondary N) is 1. The lowest BCUT2D eigenvalue weighted by atomic mass is 10.0. The number of likely N-dealkylation sites (N-methyl/N-ethyl adjacent to an activating group) is 1. The summed E-state index contributed by atoms with van der Waals surface area (Å²) >= 11 is 0. The van der Waals surface area contributed by atoms with Crippen molar-refractivity contribution in [2.75, 3.05) is 43.4 Å². The first-order valence-electron chi connectivity index (χ1n) is 11.2. The molecule has 0 aromatic heterocycles. The zero-order valence-corrected chi connectivity index (χ0v) is 18.0. The van der Waals surface area contributed by atoms with Gasteiger partial charge in [-0.3, -0.25) is 4.79 Å². The van der Waals surface area contributed by atoms with Crippen molar-refractivity contribution < 1.29 is 4.79 Å². The quantitative estimate of drug-likeness (QED) is 0.644. The lowest BCUT2D eigenvalue weighted by Crippen LogP contribution is -2.44. The number of carbonyl (C=O) groups is 1. The molecule has 1 aliphatic carbocycles. The van der Waals surface area contributed by atoms with Crippen LogP contribution in [0.3, 0.4) is 0 Å². The highest BCUT2D eigenvalue weighted by Crippen LogP contribution is 2.54. The molecule has 1 aliphatic heterocycles. The van der Waals surface area contributed by atoms with E-state index in [1.165, 1.54) is 23.2 Å². The van der Waals surface area contributed by atoms with Crippen molar-refractivity contribution >= 4 is 17.3 Å². The Morgan fingerprint density at radius 1 is 0.774 bits per heavy atom. The minimum absolute atomic E-state index is 0.0636. The molecule has 31 heavy (non-hydrogen) atoms. The van der Waals surface area contributed by atoms with Gasteiger partial charge in [-0.05, 0) is 72.8 Å². The topological polar surface area (TPSA) is 35.6 Å². The van der Waals surface area contributed by atoms with E-state index in [0.717, 1.165) is 31.9 Å². The molecule has 0 radical (unpaired) electrons. The van der Waals surface area contributed by atoms with Crippen LogP contribution >= 0.6 is 0 Å². The number of amides is 1. The zero-order valence-electron chi connectivity index (χ0n) is 18.0. The summed E-state index contributed by atoms with van der Waals surface area (Å²) in [4.78, 5) is 17.4. The van der Waals surface area contributed by atoms with Crippen molar-refractivity contribution in [1.29, 1.82) is 0 Å². The Bertz CT molecular complexity index is 1020. The fraction of sp³-hybridized carbons (Fsp3) is 0.296. The van der Waals surface area contributed by atoms with E-state index in [2.05, 4.69) is 76.8 Å². The lowest BCUT2D eigenvalue weighted by molar-refractivity contribution is 0.102. The number of anilines is 2. The van der Waals surface area contributed by atoms with Crippen LogP contribution in [0.5, 0.6) is 0 Å². The highest BCUT2D eigenvalue weighted by molar-refractivity contribution is 6.04. The average molecular weight is 412 g/mol. The number of hydrogen-bond acceptors (Lipinski definition) is 3. The molecule has 1 amide bonds. The second kappa shape index (κ2) is 8.56. The largest absolute Gasteiger partial charge is 0.369 e. The van der Waals surface area contributed by atoms with E-state index in [-0.39, 0.29) is 5.91 Å². The van der Waals surface area contributed by atoms with Gasteiger partial charge in [-0.1, -0.05) is 42.5 Å². The van der Waals surface area contributed by atoms with Gasteiger partial charge in [0.2, 0.25) is 0 Å². The van der Waals surface area contributed by atoms with Gasteiger partial charge in [0.25, 0.3) is 5.91 Å². The summed E-state index contributed by atoms with van der Waals surface area (Å²) in [5.74, 6) is 1.15. The van der Waals surface area contributed by atoms with E-state index < -0.39 is 0 Å². The van der Waals surface area contributed by atoms with Crippen LogP contribution in [0.1, 0.15) is 39.7 Å². The highest BCUT2D eigenvalue weighted by Gasteiger charge is 2.39. The summed E-state index contributed by atoms with van der Waals surface area (Å²) in [6, 6.07) is 27.0. The van der Waals surface area contributed by atoms with Crippen LogP contribution in [-0.2, 0) is 0 Å². The molecule has 3 aromatic rings. The Balaban J connectivity index is 1.18. The SMILES string of the molecule is CN1CCN(c2ccc(C(=O)Nc3ccc(C4CC4c4ccccc4)cc3)cc2)CC1. The second-order valence-corrected chi connectivity index (χ2v) is 8.77. The molecule has 2 atom stereocenters. The first kappa shape index (κ1) is 19.8. The van der Waals surface area contributed by atoms with Gasteiger partial charge in [0.15, 0.2) is 0 Å². The van der Waals surface area contributed by atoms with Gasteiger partial charge in [-0.25, -0.2) is 0 Å². The third kappa shape index (κ3) is 4.49. The average Bonchev–Trinajstić information content (AvgIpc) is 3.62. The summed E-state index contributed by atoms with van der Waals surface area (Å²) in [6.07, 6.45) is 1.20. The van der Waals surface area contributed by atoms with Gasteiger partial charge in [0.1, 0.15) is 0 Å². The first-order valence-corrected chi connectivity index (χ1v) is 11.2. The van der Waals surface area contributed by atoms with Crippen LogP contribution in [0.25, 0.3) is 0 Å². The van der Waals surface area contributed by atoms with Gasteiger partial charge < -0.3 is 15.1 Å². The van der Waals surface area contributed by atoms with E-state index >= 15 is 0 Å². The van der Waals surface area contributed by atoms with Crippen molar-refractivity contribution in [2.24, 2.45) is 0 Å². The van der Waals surface area contributed by atoms with E-state index in [1.54, 1.807) is 0 Å². The van der Waals surface area contributed by atoms with Crippen LogP contribution in [-0.4, -0.2) is 44.0 Å². The molecule has 2 fully saturated rings. The monoisotopic (exact) mass is 411 g/mol. The van der Waals surface area contributed by atoms with E-state index in [4.69, 9.17) is 0 Å². The van der Waals surface area contributed by atoms with Gasteiger partial charge in [-0.2, -0.15) is 0 Å². The predicted molar refractivity (Wildman–Crippen MR) is 127 cm³/mol. The Hall–Kier alpha value is -3.11. The molecule has 2 unspecified atom stereocenters. The number of carbonyl (C=O) groups excluding carboxylic acids is 1. The highest BCUT2D eigenvalue weighted by atomic mass is 16.1. The van der Waals surface area contributed by atoms with Crippen LogP contribution in [0.2, 0.25) is 0 Å². The van der Waals surface area contributed by atoms with E-state index in [0.29, 0.717) is 17.4 Å².